The Kier molecular flexibility index (Phi) is 15.0. The minimum absolute atomic E-state index is 1.21. The molecule has 0 radical (unpaired) electrons. The molecule has 0 N–H and O–H groups in total. The summed E-state index contributed by atoms with van der Waals surface area (Å²) in [6, 6.07) is 13.8. The van der Waals surface area contributed by atoms with Crippen LogP contribution in [0.5, 0.6) is 0 Å². The first-order valence-electron chi connectivity index (χ1n) is 15.0. The third-order valence-electron chi connectivity index (χ3n) is 7.42. The summed E-state index contributed by atoms with van der Waals surface area (Å²) in [5, 5.41) is 0. The molecule has 34 heavy (non-hydrogen) atoms. The molecule has 0 bridgehead atoms. The predicted octanol–water partition coefficient (Wildman–Crippen LogP) is 11.1. The lowest BCUT2D eigenvalue weighted by atomic mass is 9.81. The van der Waals surface area contributed by atoms with Crippen LogP contribution in [0.2, 0.25) is 0 Å². The zero-order chi connectivity index (χ0) is 24.4. The largest absolute Gasteiger partial charge is 0.0654 e. The molecule has 0 aliphatic carbocycles. The summed E-state index contributed by atoms with van der Waals surface area (Å²) in [4.78, 5) is 0. The summed E-state index contributed by atoms with van der Waals surface area (Å²) in [6.45, 7) is 9.34. The van der Waals surface area contributed by atoms with E-state index in [1.165, 1.54) is 127 Å². The van der Waals surface area contributed by atoms with E-state index in [2.05, 4.69) is 64.1 Å². The van der Waals surface area contributed by atoms with Crippen LogP contribution in [0.4, 0.5) is 0 Å². The monoisotopic (exact) mass is 462 g/mol. The van der Waals surface area contributed by atoms with Gasteiger partial charge in [-0.25, -0.2) is 0 Å². The van der Waals surface area contributed by atoms with Crippen LogP contribution in [0.3, 0.4) is 0 Å². The Labute approximate surface area is 213 Å². The number of hydrogen-bond acceptors (Lipinski definition) is 0. The van der Waals surface area contributed by atoms with Gasteiger partial charge in [0.15, 0.2) is 0 Å². The molecule has 190 valence electrons. The van der Waals surface area contributed by atoms with Crippen molar-refractivity contribution in [2.45, 2.75) is 143 Å². The van der Waals surface area contributed by atoms with E-state index in [0.29, 0.717) is 0 Å². The van der Waals surface area contributed by atoms with Crippen molar-refractivity contribution in [3.05, 3.63) is 58.7 Å². The van der Waals surface area contributed by atoms with Gasteiger partial charge in [-0.05, 0) is 71.9 Å². The predicted molar refractivity (Wildman–Crippen MR) is 154 cm³/mol. The van der Waals surface area contributed by atoms with Gasteiger partial charge in [0.25, 0.3) is 0 Å². The molecule has 0 unspecified atom stereocenters. The summed E-state index contributed by atoms with van der Waals surface area (Å²) in [7, 11) is 0. The first-order chi connectivity index (χ1) is 16.8. The van der Waals surface area contributed by atoms with Crippen molar-refractivity contribution in [1.82, 2.24) is 0 Å². The second kappa shape index (κ2) is 17.8. The second-order valence-corrected chi connectivity index (χ2v) is 10.4. The highest BCUT2D eigenvalue weighted by Gasteiger charge is 2.18. The molecule has 2 rings (SSSR count). The van der Waals surface area contributed by atoms with Crippen LogP contribution in [0, 0.1) is 0 Å². The van der Waals surface area contributed by atoms with Crippen molar-refractivity contribution in [1.29, 1.82) is 0 Å². The lowest BCUT2D eigenvalue weighted by molar-refractivity contribution is 0.596. The highest BCUT2D eigenvalue weighted by Crippen LogP contribution is 2.35. The van der Waals surface area contributed by atoms with Crippen molar-refractivity contribution < 1.29 is 0 Å². The lowest BCUT2D eigenvalue weighted by Gasteiger charge is -2.23. The summed E-state index contributed by atoms with van der Waals surface area (Å²) < 4.78 is 0. The Morgan fingerprint density at radius 2 is 0.971 bits per heavy atom. The number of rotatable bonds is 19. The van der Waals surface area contributed by atoms with Gasteiger partial charge in [0.05, 0.1) is 0 Å². The van der Waals surface area contributed by atoms with Crippen LogP contribution >= 0.6 is 0 Å². The van der Waals surface area contributed by atoms with Crippen LogP contribution in [0.15, 0.2) is 36.4 Å². The van der Waals surface area contributed by atoms with E-state index in [1.807, 2.05) is 0 Å². The number of unbranched alkanes of at least 4 members (excludes halogenated alkanes) is 10. The summed E-state index contributed by atoms with van der Waals surface area (Å²) in [5.41, 5.74) is 9.75. The van der Waals surface area contributed by atoms with Crippen molar-refractivity contribution in [3.8, 4) is 11.1 Å². The molecule has 0 heterocycles. The van der Waals surface area contributed by atoms with Crippen LogP contribution in [-0.4, -0.2) is 0 Å². The standard InChI is InChI=1S/C34H54/c1-5-9-11-13-15-20-26-31-30(22-7-3)28-34(29-24-18-17-19-25-29)32(23-8-4)33(31)27-21-16-14-12-10-6-2/h17-19,24-25,28H,5-16,20-23,26-27H2,1-4H3. The zero-order valence-corrected chi connectivity index (χ0v) is 23.2. The summed E-state index contributed by atoms with van der Waals surface area (Å²) in [6.07, 6.45) is 24.1. The van der Waals surface area contributed by atoms with Gasteiger partial charge in [-0.2, -0.15) is 0 Å². The van der Waals surface area contributed by atoms with Gasteiger partial charge in [0.2, 0.25) is 0 Å². The molecule has 0 saturated heterocycles. The topological polar surface area (TPSA) is 0 Å². The third-order valence-corrected chi connectivity index (χ3v) is 7.42. The maximum atomic E-state index is 2.60. The van der Waals surface area contributed by atoms with Crippen molar-refractivity contribution >= 4 is 0 Å². The Hall–Kier alpha value is -1.56. The SMILES string of the molecule is CCCCCCCCc1c(CCC)cc(-c2ccccc2)c(CCC)c1CCCCCCCC. The van der Waals surface area contributed by atoms with Gasteiger partial charge in [0, 0.05) is 0 Å². The third kappa shape index (κ3) is 9.59. The molecule has 0 atom stereocenters. The van der Waals surface area contributed by atoms with Crippen molar-refractivity contribution in [2.24, 2.45) is 0 Å². The summed E-state index contributed by atoms with van der Waals surface area (Å²) in [5.74, 6) is 0. The Morgan fingerprint density at radius 1 is 0.441 bits per heavy atom. The second-order valence-electron chi connectivity index (χ2n) is 10.4. The van der Waals surface area contributed by atoms with E-state index < -0.39 is 0 Å². The molecule has 2 aromatic carbocycles. The van der Waals surface area contributed by atoms with Gasteiger partial charge >= 0.3 is 0 Å². The molecule has 0 aromatic heterocycles. The molecule has 0 spiro atoms. The molecule has 0 saturated carbocycles. The Balaban J connectivity index is 2.36. The van der Waals surface area contributed by atoms with Crippen molar-refractivity contribution in [2.75, 3.05) is 0 Å². The molecular formula is C34H54. The molecule has 0 aliphatic rings. The van der Waals surface area contributed by atoms with Gasteiger partial charge in [-0.1, -0.05) is 141 Å². The van der Waals surface area contributed by atoms with Crippen molar-refractivity contribution in [3.63, 3.8) is 0 Å². The van der Waals surface area contributed by atoms with Crippen LogP contribution in [0.1, 0.15) is 140 Å². The fourth-order valence-corrected chi connectivity index (χ4v) is 5.57. The fraction of sp³-hybridized carbons (Fsp3) is 0.647. The molecule has 0 fully saturated rings. The maximum Gasteiger partial charge on any atom is -0.0146 e. The average molecular weight is 463 g/mol. The fourth-order valence-electron chi connectivity index (χ4n) is 5.57. The molecule has 0 amide bonds. The van der Waals surface area contributed by atoms with E-state index in [4.69, 9.17) is 0 Å². The van der Waals surface area contributed by atoms with E-state index in [-0.39, 0.29) is 0 Å². The van der Waals surface area contributed by atoms with Gasteiger partial charge in [0.1, 0.15) is 0 Å². The molecular weight excluding hydrogens is 408 g/mol. The van der Waals surface area contributed by atoms with Crippen LogP contribution in [0.25, 0.3) is 11.1 Å². The van der Waals surface area contributed by atoms with Gasteiger partial charge in [-0.15, -0.1) is 0 Å². The lowest BCUT2D eigenvalue weighted by Crippen LogP contribution is -2.08. The number of hydrogen-bond donors (Lipinski definition) is 0. The smallest absolute Gasteiger partial charge is 0.0146 e. The maximum absolute atomic E-state index is 2.60. The molecule has 0 aliphatic heterocycles. The van der Waals surface area contributed by atoms with Crippen LogP contribution < -0.4 is 0 Å². The first-order valence-corrected chi connectivity index (χ1v) is 15.0. The molecule has 0 nitrogen and oxygen atoms in total. The first kappa shape index (κ1) is 28.7. The number of aryl methyl sites for hydroxylation is 1. The van der Waals surface area contributed by atoms with Gasteiger partial charge < -0.3 is 0 Å². The normalized spacial score (nSPS) is 11.3. The van der Waals surface area contributed by atoms with E-state index >= 15 is 0 Å². The quantitative estimate of drug-likeness (QED) is 0.182. The Morgan fingerprint density at radius 3 is 1.53 bits per heavy atom. The molecule has 2 aromatic rings. The van der Waals surface area contributed by atoms with E-state index in [0.717, 1.165) is 0 Å². The zero-order valence-electron chi connectivity index (χ0n) is 23.2. The Bertz CT molecular complexity index is 770. The van der Waals surface area contributed by atoms with Gasteiger partial charge in [-0.3, -0.25) is 0 Å². The summed E-state index contributed by atoms with van der Waals surface area (Å²) >= 11 is 0. The van der Waals surface area contributed by atoms with E-state index in [1.54, 1.807) is 22.3 Å². The number of benzene rings is 2. The van der Waals surface area contributed by atoms with E-state index in [9.17, 15) is 0 Å². The highest BCUT2D eigenvalue weighted by molar-refractivity contribution is 5.71. The minimum atomic E-state index is 1.21. The average Bonchev–Trinajstić information content (AvgIpc) is 2.86. The van der Waals surface area contributed by atoms with Crippen LogP contribution in [-0.2, 0) is 25.7 Å². The minimum Gasteiger partial charge on any atom is -0.0654 e. The highest BCUT2D eigenvalue weighted by atomic mass is 14.2. The molecule has 0 heteroatoms.